The standard InChI is InChI=1S/C8H10O5S/c1-5(14(11,12)13)7-4-6(9)2-3-8(7)10/h2-5,9-10H,1H3,(H,11,12,13). The van der Waals surface area contributed by atoms with Gasteiger partial charge in [-0.15, -0.1) is 0 Å². The van der Waals surface area contributed by atoms with Gasteiger partial charge in [0.15, 0.2) is 0 Å². The number of hydrogen-bond acceptors (Lipinski definition) is 4. The first-order valence-corrected chi connectivity index (χ1v) is 5.31. The van der Waals surface area contributed by atoms with Gasteiger partial charge in [0.2, 0.25) is 0 Å². The molecule has 0 amide bonds. The predicted molar refractivity (Wildman–Crippen MR) is 49.7 cm³/mol. The highest BCUT2D eigenvalue weighted by Crippen LogP contribution is 2.31. The molecule has 0 bridgehead atoms. The summed E-state index contributed by atoms with van der Waals surface area (Å²) >= 11 is 0. The maximum Gasteiger partial charge on any atom is 0.271 e. The monoisotopic (exact) mass is 218 g/mol. The first-order chi connectivity index (χ1) is 6.32. The lowest BCUT2D eigenvalue weighted by Crippen LogP contribution is -2.08. The minimum absolute atomic E-state index is 0.0347. The van der Waals surface area contributed by atoms with Gasteiger partial charge in [-0.25, -0.2) is 0 Å². The fraction of sp³-hybridized carbons (Fsp3) is 0.250. The number of phenolic OH excluding ortho intramolecular Hbond substituents is 2. The lowest BCUT2D eigenvalue weighted by molar-refractivity contribution is 0.445. The summed E-state index contributed by atoms with van der Waals surface area (Å²) in [6, 6.07) is 3.47. The first kappa shape index (κ1) is 10.8. The van der Waals surface area contributed by atoms with Crippen molar-refractivity contribution in [3.63, 3.8) is 0 Å². The molecular formula is C8H10O5S. The van der Waals surface area contributed by atoms with Gasteiger partial charge in [0.05, 0.1) is 0 Å². The summed E-state index contributed by atoms with van der Waals surface area (Å²) in [7, 11) is -4.27. The molecule has 1 atom stereocenters. The van der Waals surface area contributed by atoms with Crippen molar-refractivity contribution in [2.24, 2.45) is 0 Å². The lowest BCUT2D eigenvalue weighted by atomic mass is 10.1. The summed E-state index contributed by atoms with van der Waals surface area (Å²) in [6.45, 7) is 1.21. The fourth-order valence-electron chi connectivity index (χ4n) is 1.03. The smallest absolute Gasteiger partial charge is 0.271 e. The molecule has 0 spiro atoms. The molecule has 1 aromatic rings. The van der Waals surface area contributed by atoms with Crippen LogP contribution in [0.1, 0.15) is 17.7 Å². The number of rotatable bonds is 2. The van der Waals surface area contributed by atoms with Crippen molar-refractivity contribution >= 4 is 10.1 Å². The molecule has 0 saturated heterocycles. The van der Waals surface area contributed by atoms with Crippen LogP contribution in [0.4, 0.5) is 0 Å². The normalized spacial score (nSPS) is 13.9. The van der Waals surface area contributed by atoms with Crippen LogP contribution in [0.2, 0.25) is 0 Å². The van der Waals surface area contributed by atoms with Crippen molar-refractivity contribution in [2.45, 2.75) is 12.2 Å². The molecule has 0 aliphatic rings. The molecule has 78 valence electrons. The first-order valence-electron chi connectivity index (χ1n) is 3.80. The Balaban J connectivity index is 3.26. The van der Waals surface area contributed by atoms with E-state index in [4.69, 9.17) is 9.66 Å². The van der Waals surface area contributed by atoms with Crippen LogP contribution >= 0.6 is 0 Å². The molecule has 1 unspecified atom stereocenters. The number of hydrogen-bond donors (Lipinski definition) is 3. The van der Waals surface area contributed by atoms with Gasteiger partial charge in [-0.2, -0.15) is 8.42 Å². The molecule has 0 fully saturated rings. The highest BCUT2D eigenvalue weighted by molar-refractivity contribution is 7.86. The summed E-state index contributed by atoms with van der Waals surface area (Å²) in [5, 5.41) is 17.1. The van der Waals surface area contributed by atoms with Gasteiger partial charge in [0, 0.05) is 5.56 Å². The van der Waals surface area contributed by atoms with Gasteiger partial charge < -0.3 is 10.2 Å². The molecule has 0 aromatic heterocycles. The Morgan fingerprint density at radius 3 is 2.36 bits per heavy atom. The summed E-state index contributed by atoms with van der Waals surface area (Å²) in [5.74, 6) is -0.457. The molecule has 0 heterocycles. The second kappa shape index (κ2) is 3.47. The number of phenols is 2. The van der Waals surface area contributed by atoms with Crippen LogP contribution in [0.15, 0.2) is 18.2 Å². The average Bonchev–Trinajstić information content (AvgIpc) is 2.06. The Bertz CT molecular complexity index is 437. The van der Waals surface area contributed by atoms with Gasteiger partial charge in [0.25, 0.3) is 10.1 Å². The van der Waals surface area contributed by atoms with E-state index in [9.17, 15) is 13.5 Å². The molecule has 0 aliphatic carbocycles. The summed E-state index contributed by atoms with van der Waals surface area (Å²) in [6.07, 6.45) is 0. The van der Waals surface area contributed by atoms with Gasteiger partial charge in [-0.1, -0.05) is 0 Å². The average molecular weight is 218 g/mol. The largest absolute Gasteiger partial charge is 0.508 e. The highest BCUT2D eigenvalue weighted by atomic mass is 32.2. The highest BCUT2D eigenvalue weighted by Gasteiger charge is 2.22. The molecule has 1 rings (SSSR count). The maximum atomic E-state index is 10.8. The Morgan fingerprint density at radius 1 is 1.29 bits per heavy atom. The van der Waals surface area contributed by atoms with Crippen molar-refractivity contribution in [2.75, 3.05) is 0 Å². The molecule has 0 radical (unpaired) electrons. The van der Waals surface area contributed by atoms with E-state index in [1.807, 2.05) is 0 Å². The van der Waals surface area contributed by atoms with Crippen molar-refractivity contribution in [1.29, 1.82) is 0 Å². The minimum Gasteiger partial charge on any atom is -0.508 e. The minimum atomic E-state index is -4.27. The summed E-state index contributed by atoms with van der Waals surface area (Å²) in [5.41, 5.74) is -0.0347. The Labute approximate surface area is 81.4 Å². The van der Waals surface area contributed by atoms with E-state index in [-0.39, 0.29) is 17.1 Å². The lowest BCUT2D eigenvalue weighted by Gasteiger charge is -2.10. The van der Waals surface area contributed by atoms with E-state index in [0.717, 1.165) is 12.1 Å². The van der Waals surface area contributed by atoms with E-state index in [1.165, 1.54) is 13.0 Å². The number of aromatic hydroxyl groups is 2. The molecule has 5 nitrogen and oxygen atoms in total. The van der Waals surface area contributed by atoms with Crippen LogP contribution in [0.25, 0.3) is 0 Å². The molecular weight excluding hydrogens is 208 g/mol. The molecule has 6 heteroatoms. The third kappa shape index (κ3) is 2.15. The topological polar surface area (TPSA) is 94.8 Å². The second-order valence-electron chi connectivity index (χ2n) is 2.90. The van der Waals surface area contributed by atoms with Crippen LogP contribution in [-0.4, -0.2) is 23.2 Å². The van der Waals surface area contributed by atoms with Gasteiger partial charge in [0.1, 0.15) is 16.7 Å². The van der Waals surface area contributed by atoms with Crippen LogP contribution in [0.5, 0.6) is 11.5 Å². The van der Waals surface area contributed by atoms with Crippen LogP contribution < -0.4 is 0 Å². The second-order valence-corrected chi connectivity index (χ2v) is 4.64. The van der Waals surface area contributed by atoms with Crippen LogP contribution in [-0.2, 0) is 10.1 Å². The van der Waals surface area contributed by atoms with Gasteiger partial charge in [-0.05, 0) is 25.1 Å². The van der Waals surface area contributed by atoms with Crippen molar-refractivity contribution in [3.05, 3.63) is 23.8 Å². The molecule has 14 heavy (non-hydrogen) atoms. The fourth-order valence-corrected chi connectivity index (χ4v) is 1.54. The predicted octanol–water partition coefficient (Wildman–Crippen LogP) is 1.05. The SMILES string of the molecule is CC(c1cc(O)ccc1O)S(=O)(=O)O. The van der Waals surface area contributed by atoms with Crippen molar-refractivity contribution in [3.8, 4) is 11.5 Å². The number of benzene rings is 1. The molecule has 0 saturated carbocycles. The molecule has 1 aromatic carbocycles. The quantitative estimate of drug-likeness (QED) is 0.509. The van der Waals surface area contributed by atoms with Gasteiger partial charge >= 0.3 is 0 Å². The maximum absolute atomic E-state index is 10.8. The summed E-state index contributed by atoms with van der Waals surface area (Å²) < 4.78 is 30.3. The Kier molecular flexibility index (Phi) is 2.68. The third-order valence-corrected chi connectivity index (χ3v) is 3.04. The Morgan fingerprint density at radius 2 is 1.86 bits per heavy atom. The summed E-state index contributed by atoms with van der Waals surface area (Å²) in [4.78, 5) is 0. The van der Waals surface area contributed by atoms with Crippen LogP contribution in [0.3, 0.4) is 0 Å². The Hall–Kier alpha value is -1.27. The van der Waals surface area contributed by atoms with Crippen molar-refractivity contribution < 1.29 is 23.2 Å². The van der Waals surface area contributed by atoms with E-state index >= 15 is 0 Å². The van der Waals surface area contributed by atoms with E-state index in [1.54, 1.807) is 0 Å². The van der Waals surface area contributed by atoms with Crippen LogP contribution in [0, 0.1) is 0 Å². The third-order valence-electron chi connectivity index (χ3n) is 1.90. The molecule has 3 N–H and O–H groups in total. The van der Waals surface area contributed by atoms with E-state index < -0.39 is 15.4 Å². The molecule has 0 aliphatic heterocycles. The van der Waals surface area contributed by atoms with E-state index in [0.29, 0.717) is 0 Å². The van der Waals surface area contributed by atoms with Crippen molar-refractivity contribution in [1.82, 2.24) is 0 Å². The zero-order valence-electron chi connectivity index (χ0n) is 7.38. The zero-order chi connectivity index (χ0) is 10.9. The zero-order valence-corrected chi connectivity index (χ0v) is 8.19. The van der Waals surface area contributed by atoms with E-state index in [2.05, 4.69) is 0 Å². The van der Waals surface area contributed by atoms with Gasteiger partial charge in [-0.3, -0.25) is 4.55 Å².